The van der Waals surface area contributed by atoms with Crippen LogP contribution in [0.3, 0.4) is 0 Å². The summed E-state index contributed by atoms with van der Waals surface area (Å²) in [5.41, 5.74) is -1.28. The fourth-order valence-electron chi connectivity index (χ4n) is 3.94. The molecule has 2 amide bonds. The molecule has 0 aliphatic rings. The summed E-state index contributed by atoms with van der Waals surface area (Å²) in [4.78, 5) is 29.6. The Kier molecular flexibility index (Phi) is 8.24. The zero-order valence-electron chi connectivity index (χ0n) is 21.7. The average Bonchev–Trinajstić information content (AvgIpc) is 3.32. The number of carbonyl (C=O) groups is 2. The number of anilines is 1. The van der Waals surface area contributed by atoms with E-state index in [4.69, 9.17) is 0 Å². The van der Waals surface area contributed by atoms with E-state index in [0.717, 1.165) is 12.3 Å². The number of amides is 2. The Labute approximate surface area is 232 Å². The van der Waals surface area contributed by atoms with Gasteiger partial charge in [0.1, 0.15) is 11.6 Å². The molecule has 0 spiro atoms. The summed E-state index contributed by atoms with van der Waals surface area (Å²) >= 11 is 0. The smallest absolute Gasteiger partial charge is 0.350 e. The molecule has 0 radical (unpaired) electrons. The quantitative estimate of drug-likeness (QED) is 0.297. The summed E-state index contributed by atoms with van der Waals surface area (Å²) in [6.45, 7) is -0.122. The number of sulfone groups is 1. The van der Waals surface area contributed by atoms with Crippen molar-refractivity contribution >= 4 is 27.3 Å². The van der Waals surface area contributed by atoms with Gasteiger partial charge >= 0.3 is 6.18 Å². The number of hydrogen-bond donors (Lipinski definition) is 2. The minimum Gasteiger partial charge on any atom is -0.350 e. The van der Waals surface area contributed by atoms with Gasteiger partial charge in [0.15, 0.2) is 9.84 Å². The molecular weight excluding hydrogens is 566 g/mol. The number of rotatable bonds is 8. The molecule has 2 aromatic heterocycles. The van der Waals surface area contributed by atoms with Gasteiger partial charge in [-0.05, 0) is 30.3 Å². The molecule has 0 unspecified atom stereocenters. The second-order valence-electron chi connectivity index (χ2n) is 9.12. The molecule has 41 heavy (non-hydrogen) atoms. The molecule has 4 aromatic rings. The van der Waals surface area contributed by atoms with Crippen LogP contribution in [0.2, 0.25) is 0 Å². The van der Waals surface area contributed by atoms with Crippen LogP contribution in [0.25, 0.3) is 22.5 Å². The molecule has 0 atom stereocenters. The fourth-order valence-corrected chi connectivity index (χ4v) is 4.51. The van der Waals surface area contributed by atoms with E-state index in [1.165, 1.54) is 36.1 Å². The Hall–Kier alpha value is -4.59. The maximum absolute atomic E-state index is 14.9. The van der Waals surface area contributed by atoms with Crippen molar-refractivity contribution in [2.24, 2.45) is 7.05 Å². The molecule has 4 rings (SSSR count). The van der Waals surface area contributed by atoms with E-state index in [9.17, 15) is 35.6 Å². The van der Waals surface area contributed by atoms with E-state index < -0.39 is 56.1 Å². The van der Waals surface area contributed by atoms with Gasteiger partial charge in [0, 0.05) is 30.6 Å². The van der Waals surface area contributed by atoms with Gasteiger partial charge in [-0.2, -0.15) is 18.3 Å². The first-order valence-corrected chi connectivity index (χ1v) is 14.0. The lowest BCUT2D eigenvalue weighted by Gasteiger charge is -2.16. The van der Waals surface area contributed by atoms with E-state index >= 15 is 0 Å². The number of halogens is 4. The minimum absolute atomic E-state index is 0.0946. The Balaban J connectivity index is 1.69. The predicted octanol–water partition coefficient (Wildman–Crippen LogP) is 4.22. The van der Waals surface area contributed by atoms with Crippen LogP contribution in [0, 0.1) is 5.82 Å². The number of hydrogen-bond acceptors (Lipinski definition) is 6. The van der Waals surface area contributed by atoms with E-state index in [0.29, 0.717) is 11.3 Å². The number of pyridine rings is 1. The molecule has 0 aliphatic heterocycles. The number of carbonyl (C=O) groups excluding carboxylic acids is 2. The van der Waals surface area contributed by atoms with Crippen molar-refractivity contribution in [1.82, 2.24) is 20.1 Å². The van der Waals surface area contributed by atoms with Crippen LogP contribution >= 0.6 is 0 Å². The minimum atomic E-state index is -4.90. The van der Waals surface area contributed by atoms with Gasteiger partial charge in [-0.25, -0.2) is 17.8 Å². The molecule has 14 heteroatoms. The van der Waals surface area contributed by atoms with Gasteiger partial charge in [-0.3, -0.25) is 14.3 Å². The van der Waals surface area contributed by atoms with Gasteiger partial charge in [0.25, 0.3) is 5.91 Å². The molecule has 2 heterocycles. The average molecular weight is 590 g/mol. The second-order valence-corrected chi connectivity index (χ2v) is 11.3. The summed E-state index contributed by atoms with van der Waals surface area (Å²) in [7, 11) is -2.03. The largest absolute Gasteiger partial charge is 0.417 e. The molecule has 2 N–H and O–H groups in total. The lowest BCUT2D eigenvalue weighted by atomic mass is 9.99. The van der Waals surface area contributed by atoms with Crippen LogP contribution in [0.1, 0.15) is 21.6 Å². The third-order valence-electron chi connectivity index (χ3n) is 5.76. The van der Waals surface area contributed by atoms with Crippen molar-refractivity contribution in [3.8, 4) is 22.5 Å². The van der Waals surface area contributed by atoms with Crippen molar-refractivity contribution < 1.29 is 35.6 Å². The van der Waals surface area contributed by atoms with Crippen LogP contribution in [0.5, 0.6) is 0 Å². The van der Waals surface area contributed by atoms with Crippen LogP contribution < -0.4 is 10.6 Å². The third-order valence-corrected chi connectivity index (χ3v) is 6.54. The summed E-state index contributed by atoms with van der Waals surface area (Å²) in [6, 6.07) is 13.8. The molecule has 0 saturated carbocycles. The summed E-state index contributed by atoms with van der Waals surface area (Å²) < 4.78 is 80.0. The highest BCUT2D eigenvalue weighted by Gasteiger charge is 2.36. The zero-order valence-corrected chi connectivity index (χ0v) is 22.5. The highest BCUT2D eigenvalue weighted by molar-refractivity contribution is 7.91. The number of nitrogens with one attached hydrogen (secondary N) is 2. The lowest BCUT2D eigenvalue weighted by molar-refractivity contribution is -0.137. The van der Waals surface area contributed by atoms with Gasteiger partial charge in [-0.15, -0.1) is 0 Å². The first-order valence-electron chi connectivity index (χ1n) is 11.9. The van der Waals surface area contributed by atoms with Crippen LogP contribution in [0.15, 0.2) is 66.9 Å². The van der Waals surface area contributed by atoms with E-state index in [2.05, 4.69) is 20.7 Å². The molecule has 0 aliphatic carbocycles. The Morgan fingerprint density at radius 3 is 2.34 bits per heavy atom. The van der Waals surface area contributed by atoms with Gasteiger partial charge < -0.3 is 10.6 Å². The first-order chi connectivity index (χ1) is 19.2. The number of benzene rings is 2. The van der Waals surface area contributed by atoms with Gasteiger partial charge in [-0.1, -0.05) is 30.3 Å². The lowest BCUT2D eigenvalue weighted by Crippen LogP contribution is -2.29. The molecule has 214 valence electrons. The van der Waals surface area contributed by atoms with E-state index in [1.807, 2.05) is 0 Å². The molecule has 0 bridgehead atoms. The Bertz CT molecular complexity index is 1720. The second kappa shape index (κ2) is 11.5. The molecule has 0 saturated heterocycles. The maximum Gasteiger partial charge on any atom is 0.417 e. The first kappa shape index (κ1) is 29.4. The standard InChI is InChI=1S/C27H23F4N5O4S/c1-36-11-10-22(35-36)18-12-19(21(28)13-20(18)27(29,30)31)26(38)34-23-9-8-17(14-32-24(37)15-41(2,39)40)33-25(23)16-6-4-3-5-7-16/h3-13H,14-15H2,1-2H3,(H,32,37)(H,34,38). The summed E-state index contributed by atoms with van der Waals surface area (Å²) in [5, 5.41) is 8.94. The number of alkyl halides is 3. The van der Waals surface area contributed by atoms with Crippen molar-refractivity contribution in [2.45, 2.75) is 12.7 Å². The van der Waals surface area contributed by atoms with Crippen LogP contribution in [-0.2, 0) is 34.4 Å². The SMILES string of the molecule is Cn1ccc(-c2cc(C(=O)Nc3ccc(CNC(=O)CS(C)(=O)=O)nc3-c3ccccc3)c(F)cc2C(F)(F)F)n1. The van der Waals surface area contributed by atoms with Crippen molar-refractivity contribution in [2.75, 3.05) is 17.3 Å². The normalized spacial score (nSPS) is 11.8. The zero-order chi connectivity index (χ0) is 29.9. The van der Waals surface area contributed by atoms with E-state index in [-0.39, 0.29) is 29.7 Å². The van der Waals surface area contributed by atoms with Gasteiger partial charge in [0.05, 0.1) is 40.4 Å². The number of aromatic nitrogens is 3. The van der Waals surface area contributed by atoms with Crippen LogP contribution in [0.4, 0.5) is 23.2 Å². The highest BCUT2D eigenvalue weighted by Crippen LogP contribution is 2.38. The molecule has 2 aromatic carbocycles. The monoisotopic (exact) mass is 589 g/mol. The maximum atomic E-state index is 14.9. The summed E-state index contributed by atoms with van der Waals surface area (Å²) in [6.07, 6.45) is -2.56. The van der Waals surface area contributed by atoms with Crippen molar-refractivity contribution in [1.29, 1.82) is 0 Å². The Morgan fingerprint density at radius 2 is 1.73 bits per heavy atom. The van der Waals surface area contributed by atoms with Gasteiger partial charge in [0.2, 0.25) is 5.91 Å². The molecule has 9 nitrogen and oxygen atoms in total. The highest BCUT2D eigenvalue weighted by atomic mass is 32.2. The van der Waals surface area contributed by atoms with E-state index in [1.54, 1.807) is 30.3 Å². The van der Waals surface area contributed by atoms with Crippen molar-refractivity contribution in [3.63, 3.8) is 0 Å². The fraction of sp³-hybridized carbons (Fsp3) is 0.185. The third kappa shape index (κ3) is 7.33. The number of aryl methyl sites for hydroxylation is 1. The van der Waals surface area contributed by atoms with Crippen LogP contribution in [-0.4, -0.2) is 47.0 Å². The number of nitrogens with zero attached hydrogens (tertiary/aromatic N) is 3. The summed E-state index contributed by atoms with van der Waals surface area (Å²) in [5.74, 6) is -3.84. The molecule has 0 fully saturated rings. The van der Waals surface area contributed by atoms with Crippen molar-refractivity contribution in [3.05, 3.63) is 89.5 Å². The Morgan fingerprint density at radius 1 is 1.02 bits per heavy atom. The topological polar surface area (TPSA) is 123 Å². The molecular formula is C27H23F4N5O4S. The predicted molar refractivity (Wildman–Crippen MR) is 143 cm³/mol.